The van der Waals surface area contributed by atoms with Gasteiger partial charge in [0, 0.05) is 18.3 Å². The fourth-order valence-corrected chi connectivity index (χ4v) is 3.85. The van der Waals surface area contributed by atoms with Crippen LogP contribution in [0, 0.1) is 6.92 Å². The summed E-state index contributed by atoms with van der Waals surface area (Å²) in [6, 6.07) is 0.489. The van der Waals surface area contributed by atoms with Crippen LogP contribution in [0.3, 0.4) is 0 Å². The first-order valence-corrected chi connectivity index (χ1v) is 7.87. The minimum absolute atomic E-state index is 0.418. The van der Waals surface area contributed by atoms with E-state index in [-0.39, 0.29) is 0 Å². The second kappa shape index (κ2) is 5.48. The lowest BCUT2D eigenvalue weighted by atomic mass is 10.2. The maximum Gasteiger partial charge on any atom is 0.134 e. The van der Waals surface area contributed by atoms with Gasteiger partial charge < -0.3 is 11.1 Å². The molecule has 0 saturated heterocycles. The molecule has 1 heterocycles. The third kappa shape index (κ3) is 2.49. The van der Waals surface area contributed by atoms with Crippen LogP contribution in [0.2, 0.25) is 0 Å². The Labute approximate surface area is 118 Å². The minimum atomic E-state index is 0.418. The van der Waals surface area contributed by atoms with Crippen LogP contribution >= 0.6 is 24.0 Å². The maximum atomic E-state index is 5.80. The number of thioether (sulfide) groups is 1. The first-order chi connectivity index (χ1) is 8.54. The van der Waals surface area contributed by atoms with Gasteiger partial charge in [0.2, 0.25) is 0 Å². The average molecular weight is 284 g/mol. The Morgan fingerprint density at radius 2 is 2.28 bits per heavy atom. The predicted molar refractivity (Wildman–Crippen MR) is 82.4 cm³/mol. The molecule has 18 heavy (non-hydrogen) atoms. The Kier molecular flexibility index (Phi) is 4.17. The van der Waals surface area contributed by atoms with Crippen LogP contribution in [0.15, 0.2) is 0 Å². The van der Waals surface area contributed by atoms with Crippen LogP contribution in [0.4, 0.5) is 5.82 Å². The lowest BCUT2D eigenvalue weighted by Gasteiger charge is -2.21. The van der Waals surface area contributed by atoms with E-state index in [2.05, 4.69) is 16.7 Å². The van der Waals surface area contributed by atoms with E-state index in [1.807, 2.05) is 30.4 Å². The minimum Gasteiger partial charge on any atom is -0.389 e. The molecule has 0 bridgehead atoms. The topological polar surface area (TPSA) is 55.9 Å². The van der Waals surface area contributed by atoms with Crippen molar-refractivity contribution >= 4 is 34.8 Å². The molecule has 3 N–H and O–H groups in total. The Balaban J connectivity index is 2.26. The highest BCUT2D eigenvalue weighted by Crippen LogP contribution is 2.32. The number of hydrogen-bond donors (Lipinski definition) is 2. The van der Waals surface area contributed by atoms with Crippen LogP contribution in [-0.2, 0) is 7.05 Å². The molecule has 1 fully saturated rings. The van der Waals surface area contributed by atoms with Crippen molar-refractivity contribution in [3.05, 3.63) is 11.3 Å². The quantitative estimate of drug-likeness (QED) is 0.829. The monoisotopic (exact) mass is 284 g/mol. The number of nitrogens with one attached hydrogen (secondary N) is 1. The van der Waals surface area contributed by atoms with Gasteiger partial charge in [0.25, 0.3) is 0 Å². The molecule has 0 spiro atoms. The van der Waals surface area contributed by atoms with Gasteiger partial charge in [-0.2, -0.15) is 16.9 Å². The van der Waals surface area contributed by atoms with Crippen molar-refractivity contribution in [3.8, 4) is 0 Å². The van der Waals surface area contributed by atoms with Crippen LogP contribution in [0.5, 0.6) is 0 Å². The summed E-state index contributed by atoms with van der Waals surface area (Å²) in [5, 5.41) is 8.66. The van der Waals surface area contributed by atoms with Gasteiger partial charge in [0.15, 0.2) is 0 Å². The van der Waals surface area contributed by atoms with E-state index in [1.54, 1.807) is 0 Å². The largest absolute Gasteiger partial charge is 0.389 e. The summed E-state index contributed by atoms with van der Waals surface area (Å²) < 4.78 is 1.85. The van der Waals surface area contributed by atoms with E-state index in [4.69, 9.17) is 18.0 Å². The Bertz CT molecular complexity index is 455. The maximum absolute atomic E-state index is 5.80. The summed E-state index contributed by atoms with van der Waals surface area (Å²) in [4.78, 5) is 0.418. The summed E-state index contributed by atoms with van der Waals surface area (Å²) in [5.74, 6) is 0.964. The smallest absolute Gasteiger partial charge is 0.134 e. The standard InChI is InChI=1S/C12H20N4S2/c1-7-10(11(13)17)12(16(2)15-7)14-8-5-4-6-9(8)18-3/h8-9,14H,4-6H2,1-3H3,(H2,13,17). The summed E-state index contributed by atoms with van der Waals surface area (Å²) in [6.45, 7) is 1.94. The van der Waals surface area contributed by atoms with Gasteiger partial charge in [-0.1, -0.05) is 18.6 Å². The molecular weight excluding hydrogens is 264 g/mol. The van der Waals surface area contributed by atoms with E-state index in [9.17, 15) is 0 Å². The zero-order chi connectivity index (χ0) is 13.3. The highest BCUT2D eigenvalue weighted by atomic mass is 32.2. The van der Waals surface area contributed by atoms with Crippen molar-refractivity contribution in [2.24, 2.45) is 12.8 Å². The van der Waals surface area contributed by atoms with Gasteiger partial charge in [-0.15, -0.1) is 0 Å². The highest BCUT2D eigenvalue weighted by molar-refractivity contribution is 7.99. The van der Waals surface area contributed by atoms with E-state index in [0.29, 0.717) is 16.3 Å². The Hall–Kier alpha value is -0.750. The zero-order valence-corrected chi connectivity index (χ0v) is 12.7. The first kappa shape index (κ1) is 13.7. The van der Waals surface area contributed by atoms with Gasteiger partial charge in [-0.05, 0) is 26.0 Å². The number of nitrogens with zero attached hydrogens (tertiary/aromatic N) is 2. The third-order valence-corrected chi connectivity index (χ3v) is 4.92. The van der Waals surface area contributed by atoms with Gasteiger partial charge in [-0.3, -0.25) is 4.68 Å². The molecule has 2 unspecified atom stereocenters. The molecule has 0 amide bonds. The molecule has 100 valence electrons. The van der Waals surface area contributed by atoms with E-state index in [0.717, 1.165) is 17.1 Å². The molecule has 1 aliphatic carbocycles. The molecule has 1 aliphatic rings. The highest BCUT2D eigenvalue weighted by Gasteiger charge is 2.28. The number of nitrogens with two attached hydrogens (primary N) is 1. The Morgan fingerprint density at radius 1 is 1.56 bits per heavy atom. The number of aromatic nitrogens is 2. The van der Waals surface area contributed by atoms with Crippen molar-refractivity contribution in [1.29, 1.82) is 0 Å². The molecule has 2 atom stereocenters. The third-order valence-electron chi connectivity index (χ3n) is 3.55. The van der Waals surface area contributed by atoms with Gasteiger partial charge in [0.1, 0.15) is 10.8 Å². The molecule has 0 aliphatic heterocycles. The lowest BCUT2D eigenvalue weighted by molar-refractivity contribution is 0.715. The van der Waals surface area contributed by atoms with Crippen LogP contribution in [-0.4, -0.2) is 32.3 Å². The number of aryl methyl sites for hydroxylation is 2. The van der Waals surface area contributed by atoms with Gasteiger partial charge in [-0.25, -0.2) is 0 Å². The van der Waals surface area contributed by atoms with E-state index < -0.39 is 0 Å². The first-order valence-electron chi connectivity index (χ1n) is 6.17. The SMILES string of the molecule is CSC1CCCC1Nc1c(C(N)=S)c(C)nn1C. The van der Waals surface area contributed by atoms with Gasteiger partial charge in [0.05, 0.1) is 11.3 Å². The lowest BCUT2D eigenvalue weighted by Crippen LogP contribution is -2.28. The normalized spacial score (nSPS) is 23.3. The molecule has 0 aromatic carbocycles. The fourth-order valence-electron chi connectivity index (χ4n) is 2.67. The molecule has 2 rings (SSSR count). The second-order valence-electron chi connectivity index (χ2n) is 4.75. The Morgan fingerprint density at radius 3 is 2.89 bits per heavy atom. The van der Waals surface area contributed by atoms with E-state index in [1.165, 1.54) is 19.3 Å². The second-order valence-corrected chi connectivity index (χ2v) is 6.27. The van der Waals surface area contributed by atoms with Crippen LogP contribution in [0.25, 0.3) is 0 Å². The summed E-state index contributed by atoms with van der Waals surface area (Å²) in [7, 11) is 1.93. The van der Waals surface area contributed by atoms with Crippen molar-refractivity contribution in [1.82, 2.24) is 9.78 Å². The molecule has 4 nitrogen and oxygen atoms in total. The van der Waals surface area contributed by atoms with Crippen LogP contribution < -0.4 is 11.1 Å². The molecular formula is C12H20N4S2. The number of anilines is 1. The van der Waals surface area contributed by atoms with Gasteiger partial charge >= 0.3 is 0 Å². The molecule has 1 aromatic rings. The molecule has 0 radical (unpaired) electrons. The van der Waals surface area contributed by atoms with E-state index >= 15 is 0 Å². The summed E-state index contributed by atoms with van der Waals surface area (Å²) in [5.41, 5.74) is 7.59. The summed E-state index contributed by atoms with van der Waals surface area (Å²) in [6.07, 6.45) is 5.93. The molecule has 1 saturated carbocycles. The zero-order valence-electron chi connectivity index (χ0n) is 11.1. The molecule has 6 heteroatoms. The van der Waals surface area contributed by atoms with Crippen molar-refractivity contribution in [2.45, 2.75) is 37.5 Å². The van der Waals surface area contributed by atoms with Crippen molar-refractivity contribution in [3.63, 3.8) is 0 Å². The van der Waals surface area contributed by atoms with Crippen molar-refractivity contribution in [2.75, 3.05) is 11.6 Å². The number of thiocarbonyl (C=S) groups is 1. The average Bonchev–Trinajstić information content (AvgIpc) is 2.84. The predicted octanol–water partition coefficient (Wildman–Crippen LogP) is 2.06. The molecule has 1 aromatic heterocycles. The fraction of sp³-hybridized carbons (Fsp3) is 0.667. The number of rotatable bonds is 4. The van der Waals surface area contributed by atoms with Crippen molar-refractivity contribution < 1.29 is 0 Å². The van der Waals surface area contributed by atoms with Crippen LogP contribution in [0.1, 0.15) is 30.5 Å². The summed E-state index contributed by atoms with van der Waals surface area (Å²) >= 11 is 7.06. The number of hydrogen-bond acceptors (Lipinski definition) is 4.